The van der Waals surface area contributed by atoms with Gasteiger partial charge in [-0.25, -0.2) is 0 Å². The molecule has 0 spiro atoms. The van der Waals surface area contributed by atoms with E-state index in [1.165, 1.54) is 31.2 Å². The summed E-state index contributed by atoms with van der Waals surface area (Å²) in [6.45, 7) is 4.24. The number of esters is 4. The zero-order chi connectivity index (χ0) is 24.7. The number of nitro groups is 1. The van der Waals surface area contributed by atoms with Crippen molar-refractivity contribution in [2.24, 2.45) is 0 Å². The Hall–Kier alpha value is -3.19. The number of benzene rings is 1. The highest BCUT2D eigenvalue weighted by atomic mass is 32.2. The maximum atomic E-state index is 11.8. The van der Waals surface area contributed by atoms with Crippen LogP contribution in [-0.2, 0) is 42.9 Å². The van der Waals surface area contributed by atoms with Crippen LogP contribution in [0.5, 0.6) is 0 Å². The van der Waals surface area contributed by atoms with E-state index in [4.69, 9.17) is 23.7 Å². The van der Waals surface area contributed by atoms with Gasteiger partial charge in [-0.05, 0) is 12.1 Å². The molecule has 0 saturated carbocycles. The van der Waals surface area contributed by atoms with Crippen LogP contribution in [0.15, 0.2) is 29.2 Å². The number of rotatable bonds is 8. The molecular formula is C20H23NO11S. The van der Waals surface area contributed by atoms with Gasteiger partial charge >= 0.3 is 23.9 Å². The SMILES string of the molecule is CC(=O)OCC1O[C@H](Sc2ccc([N+](=O)[O-])cc2)C(OC(C)=O)[C@H](OC(C)=O)[C@@H]1OC(C)=O. The topological polar surface area (TPSA) is 158 Å². The van der Waals surface area contributed by atoms with E-state index in [0.717, 1.165) is 32.5 Å². The second-order valence-electron chi connectivity index (χ2n) is 6.94. The standard InChI is InChI=1S/C20H23NO11S/c1-10(22)28-9-16-17(29-11(2)23)18(30-12(3)24)19(31-13(4)25)20(32-16)33-15-7-5-14(6-8-15)21(26)27/h5-8,16-20H,9H2,1-4H3/t16?,17-,18-,19?,20-/m1/s1. The minimum absolute atomic E-state index is 0.124. The molecule has 1 aromatic carbocycles. The number of hydrogen-bond donors (Lipinski definition) is 0. The number of non-ortho nitro benzene ring substituents is 1. The lowest BCUT2D eigenvalue weighted by molar-refractivity contribution is -0.384. The summed E-state index contributed by atoms with van der Waals surface area (Å²) in [6, 6.07) is 5.51. The largest absolute Gasteiger partial charge is 0.463 e. The minimum Gasteiger partial charge on any atom is -0.463 e. The van der Waals surface area contributed by atoms with Gasteiger partial charge in [0.05, 0.1) is 4.92 Å². The highest BCUT2D eigenvalue weighted by Gasteiger charge is 2.52. The average molecular weight is 485 g/mol. The lowest BCUT2D eigenvalue weighted by atomic mass is 9.99. The van der Waals surface area contributed by atoms with Gasteiger partial charge in [0.25, 0.3) is 5.69 Å². The smallest absolute Gasteiger partial charge is 0.303 e. The van der Waals surface area contributed by atoms with Crippen molar-refractivity contribution in [3.8, 4) is 0 Å². The Morgan fingerprint density at radius 2 is 1.39 bits per heavy atom. The molecule has 0 N–H and O–H groups in total. The van der Waals surface area contributed by atoms with Gasteiger partial charge < -0.3 is 23.7 Å². The van der Waals surface area contributed by atoms with E-state index in [1.807, 2.05) is 0 Å². The van der Waals surface area contributed by atoms with Gasteiger partial charge in [-0.2, -0.15) is 0 Å². The second-order valence-corrected chi connectivity index (χ2v) is 8.11. The van der Waals surface area contributed by atoms with Crippen LogP contribution in [0, 0.1) is 10.1 Å². The molecule has 2 rings (SSSR count). The maximum absolute atomic E-state index is 11.8. The molecule has 1 heterocycles. The van der Waals surface area contributed by atoms with Gasteiger partial charge in [-0.15, -0.1) is 0 Å². The summed E-state index contributed by atoms with van der Waals surface area (Å²) in [6.07, 6.45) is -4.81. The third-order valence-corrected chi connectivity index (χ3v) is 5.40. The minimum atomic E-state index is -1.28. The summed E-state index contributed by atoms with van der Waals surface area (Å²) >= 11 is 1.03. The van der Waals surface area contributed by atoms with Crippen molar-refractivity contribution in [2.45, 2.75) is 62.4 Å². The first-order valence-electron chi connectivity index (χ1n) is 9.69. The maximum Gasteiger partial charge on any atom is 0.303 e. The van der Waals surface area contributed by atoms with Crippen LogP contribution in [0.25, 0.3) is 0 Å². The Morgan fingerprint density at radius 3 is 1.88 bits per heavy atom. The molecule has 2 unspecified atom stereocenters. The van der Waals surface area contributed by atoms with Crippen molar-refractivity contribution in [3.63, 3.8) is 0 Å². The fourth-order valence-corrected chi connectivity index (χ4v) is 4.17. The normalized spacial score (nSPS) is 24.3. The summed E-state index contributed by atoms with van der Waals surface area (Å²) in [7, 11) is 0. The van der Waals surface area contributed by atoms with Crippen molar-refractivity contribution in [1.29, 1.82) is 0 Å². The number of hydrogen-bond acceptors (Lipinski definition) is 12. The van der Waals surface area contributed by atoms with Gasteiger partial charge in [0.15, 0.2) is 18.3 Å². The fourth-order valence-electron chi connectivity index (χ4n) is 3.06. The molecule has 0 amide bonds. The molecule has 180 valence electrons. The summed E-state index contributed by atoms with van der Waals surface area (Å²) in [5.41, 5.74) is -1.13. The molecule has 1 aliphatic rings. The van der Waals surface area contributed by atoms with Crippen molar-refractivity contribution in [3.05, 3.63) is 34.4 Å². The van der Waals surface area contributed by atoms with Crippen LogP contribution >= 0.6 is 11.8 Å². The summed E-state index contributed by atoms with van der Waals surface area (Å²) in [5.74, 6) is -2.79. The monoisotopic (exact) mass is 485 g/mol. The quantitative estimate of drug-likeness (QED) is 0.228. The molecular weight excluding hydrogens is 462 g/mol. The van der Waals surface area contributed by atoms with Gasteiger partial charge in [-0.3, -0.25) is 29.3 Å². The number of thioether (sulfide) groups is 1. The van der Waals surface area contributed by atoms with Crippen molar-refractivity contribution < 1.29 is 47.8 Å². The van der Waals surface area contributed by atoms with E-state index < -0.39 is 58.7 Å². The van der Waals surface area contributed by atoms with Gasteiger partial charge in [0, 0.05) is 44.7 Å². The molecule has 12 nitrogen and oxygen atoms in total. The van der Waals surface area contributed by atoms with E-state index in [2.05, 4.69) is 0 Å². The zero-order valence-corrected chi connectivity index (χ0v) is 19.1. The highest BCUT2D eigenvalue weighted by molar-refractivity contribution is 7.99. The molecule has 0 radical (unpaired) electrons. The highest BCUT2D eigenvalue weighted by Crippen LogP contribution is 2.38. The molecule has 1 fully saturated rings. The molecule has 33 heavy (non-hydrogen) atoms. The zero-order valence-electron chi connectivity index (χ0n) is 18.2. The lowest BCUT2D eigenvalue weighted by Gasteiger charge is -2.44. The Labute approximate surface area is 193 Å². The van der Waals surface area contributed by atoms with Crippen molar-refractivity contribution in [2.75, 3.05) is 6.61 Å². The third kappa shape index (κ3) is 7.71. The molecule has 0 bridgehead atoms. The average Bonchev–Trinajstić information content (AvgIpc) is 2.70. The van der Waals surface area contributed by atoms with Gasteiger partial charge in [0.2, 0.25) is 0 Å². The van der Waals surface area contributed by atoms with E-state index in [-0.39, 0.29) is 12.3 Å². The second kappa shape index (κ2) is 11.6. The molecule has 0 aliphatic carbocycles. The summed E-state index contributed by atoms with van der Waals surface area (Å²) < 4.78 is 27.0. The van der Waals surface area contributed by atoms with Crippen molar-refractivity contribution in [1.82, 2.24) is 0 Å². The Morgan fingerprint density at radius 1 is 0.879 bits per heavy atom. The van der Waals surface area contributed by atoms with E-state index in [9.17, 15) is 29.3 Å². The van der Waals surface area contributed by atoms with Gasteiger partial charge in [0.1, 0.15) is 18.1 Å². The molecule has 1 aromatic rings. The first-order chi connectivity index (χ1) is 15.5. The fraction of sp³-hybridized carbons (Fsp3) is 0.500. The van der Waals surface area contributed by atoms with Crippen LogP contribution in [0.2, 0.25) is 0 Å². The predicted molar refractivity (Wildman–Crippen MR) is 111 cm³/mol. The Balaban J connectivity index is 2.43. The van der Waals surface area contributed by atoms with E-state index in [1.54, 1.807) is 0 Å². The first kappa shape index (κ1) is 26.1. The number of carbonyl (C=O) groups is 4. The summed E-state index contributed by atoms with van der Waals surface area (Å²) in [4.78, 5) is 57.5. The number of nitrogens with zero attached hydrogens (tertiary/aromatic N) is 1. The molecule has 1 saturated heterocycles. The van der Waals surface area contributed by atoms with Crippen LogP contribution in [0.4, 0.5) is 5.69 Å². The third-order valence-electron chi connectivity index (χ3n) is 4.25. The van der Waals surface area contributed by atoms with Gasteiger partial charge in [-0.1, -0.05) is 11.8 Å². The van der Waals surface area contributed by atoms with Crippen molar-refractivity contribution >= 4 is 41.3 Å². The molecule has 13 heteroatoms. The van der Waals surface area contributed by atoms with Crippen LogP contribution < -0.4 is 0 Å². The van der Waals surface area contributed by atoms with Crippen LogP contribution in [0.3, 0.4) is 0 Å². The Kier molecular flexibility index (Phi) is 9.17. The van der Waals surface area contributed by atoms with Crippen LogP contribution in [0.1, 0.15) is 27.7 Å². The predicted octanol–water partition coefficient (Wildman–Crippen LogP) is 1.77. The van der Waals surface area contributed by atoms with E-state index in [0.29, 0.717) is 4.90 Å². The summed E-state index contributed by atoms with van der Waals surface area (Å²) in [5, 5.41) is 10.9. The Bertz CT molecular complexity index is 904. The molecule has 1 aliphatic heterocycles. The lowest BCUT2D eigenvalue weighted by Crippen LogP contribution is -2.61. The van der Waals surface area contributed by atoms with Crippen LogP contribution in [-0.4, -0.2) is 65.3 Å². The van der Waals surface area contributed by atoms with E-state index >= 15 is 0 Å². The molecule has 0 aromatic heterocycles. The number of ether oxygens (including phenoxy) is 5. The number of carbonyl (C=O) groups excluding carboxylic acids is 4. The molecule has 5 atom stereocenters. The first-order valence-corrected chi connectivity index (χ1v) is 10.6. The number of nitro benzene ring substituents is 1.